The van der Waals surface area contributed by atoms with Crippen molar-refractivity contribution in [1.82, 2.24) is 0 Å². The molecule has 1 aliphatic heterocycles. The summed E-state index contributed by atoms with van der Waals surface area (Å²) >= 11 is 6.33. The normalized spacial score (nSPS) is 21.8. The van der Waals surface area contributed by atoms with Gasteiger partial charge in [0, 0.05) is 0 Å². The van der Waals surface area contributed by atoms with Gasteiger partial charge in [-0.3, -0.25) is 0 Å². The smallest absolute Gasteiger partial charge is 0.338 e. The van der Waals surface area contributed by atoms with Crippen LogP contribution in [-0.2, 0) is 18.9 Å². The van der Waals surface area contributed by atoms with E-state index in [1.165, 1.54) is 0 Å². The van der Waals surface area contributed by atoms with E-state index in [0.29, 0.717) is 5.56 Å². The van der Waals surface area contributed by atoms with Crippen molar-refractivity contribution in [2.24, 2.45) is 0 Å². The molecule has 8 heteroatoms. The van der Waals surface area contributed by atoms with E-state index in [0.717, 1.165) is 0 Å². The van der Waals surface area contributed by atoms with Gasteiger partial charge in [0.15, 0.2) is 23.9 Å². The van der Waals surface area contributed by atoms with E-state index in [1.54, 1.807) is 91.0 Å². The SMILES string of the molecule is O=C(O[C@@H]1[C@@H](OC(=O)c2ccccc2)[C@H](OC(=O)c2ccccc2)CO[C@@H]1Cl)c1ccccc1. The Hall–Kier alpha value is -3.68. The number of benzene rings is 3. The number of hydrogen-bond donors (Lipinski definition) is 0. The molecule has 1 fully saturated rings. The van der Waals surface area contributed by atoms with Gasteiger partial charge in [0.2, 0.25) is 0 Å². The van der Waals surface area contributed by atoms with Crippen LogP contribution < -0.4 is 0 Å². The Morgan fingerprint density at radius 2 is 1.00 bits per heavy atom. The zero-order valence-electron chi connectivity index (χ0n) is 17.9. The summed E-state index contributed by atoms with van der Waals surface area (Å²) in [7, 11) is 0. The van der Waals surface area contributed by atoms with Crippen LogP contribution in [0.25, 0.3) is 0 Å². The molecule has 4 rings (SSSR count). The minimum Gasteiger partial charge on any atom is -0.452 e. The molecule has 0 radical (unpaired) electrons. The van der Waals surface area contributed by atoms with Crippen LogP contribution in [0.1, 0.15) is 31.1 Å². The molecule has 0 spiro atoms. The van der Waals surface area contributed by atoms with Crippen LogP contribution in [0.4, 0.5) is 0 Å². The molecule has 3 aromatic carbocycles. The second-order valence-corrected chi connectivity index (χ2v) is 7.90. The Bertz CT molecular complexity index is 1120. The highest BCUT2D eigenvalue weighted by Gasteiger charge is 2.47. The Labute approximate surface area is 201 Å². The van der Waals surface area contributed by atoms with Gasteiger partial charge in [-0.15, -0.1) is 0 Å². The van der Waals surface area contributed by atoms with Gasteiger partial charge in [0.05, 0.1) is 23.3 Å². The molecule has 0 unspecified atom stereocenters. The van der Waals surface area contributed by atoms with Crippen molar-refractivity contribution in [2.45, 2.75) is 23.9 Å². The van der Waals surface area contributed by atoms with Crippen molar-refractivity contribution in [1.29, 1.82) is 0 Å². The van der Waals surface area contributed by atoms with E-state index in [4.69, 9.17) is 30.5 Å². The zero-order chi connectivity index (χ0) is 23.9. The van der Waals surface area contributed by atoms with E-state index in [2.05, 4.69) is 0 Å². The molecule has 1 aliphatic rings. The summed E-state index contributed by atoms with van der Waals surface area (Å²) in [5.41, 5.74) is -0.265. The molecule has 34 heavy (non-hydrogen) atoms. The van der Waals surface area contributed by atoms with Crippen molar-refractivity contribution in [2.75, 3.05) is 6.61 Å². The average molecular weight is 481 g/mol. The van der Waals surface area contributed by atoms with E-state index < -0.39 is 41.8 Å². The molecular weight excluding hydrogens is 460 g/mol. The van der Waals surface area contributed by atoms with Gasteiger partial charge in [-0.2, -0.15) is 0 Å². The first-order valence-corrected chi connectivity index (χ1v) is 11.0. The molecule has 7 nitrogen and oxygen atoms in total. The first-order valence-electron chi connectivity index (χ1n) is 10.6. The summed E-state index contributed by atoms with van der Waals surface area (Å²) in [4.78, 5) is 38.2. The Morgan fingerprint density at radius 1 is 0.618 bits per heavy atom. The minimum atomic E-state index is -1.23. The average Bonchev–Trinajstić information content (AvgIpc) is 2.89. The molecule has 4 atom stereocenters. The molecule has 0 aliphatic carbocycles. The number of halogens is 1. The first kappa shape index (κ1) is 23.5. The lowest BCUT2D eigenvalue weighted by Gasteiger charge is -2.38. The molecule has 0 N–H and O–H groups in total. The third-order valence-corrected chi connectivity index (χ3v) is 5.52. The molecule has 1 heterocycles. The molecule has 174 valence electrons. The number of carbonyl (C=O) groups excluding carboxylic acids is 3. The van der Waals surface area contributed by atoms with Crippen molar-refractivity contribution in [3.63, 3.8) is 0 Å². The van der Waals surface area contributed by atoms with Gasteiger partial charge in [0.1, 0.15) is 0 Å². The van der Waals surface area contributed by atoms with Gasteiger partial charge in [-0.1, -0.05) is 66.2 Å². The van der Waals surface area contributed by atoms with E-state index >= 15 is 0 Å². The van der Waals surface area contributed by atoms with Crippen LogP contribution in [0.5, 0.6) is 0 Å². The fourth-order valence-electron chi connectivity index (χ4n) is 3.41. The van der Waals surface area contributed by atoms with Crippen molar-refractivity contribution in [3.05, 3.63) is 108 Å². The highest BCUT2D eigenvalue weighted by atomic mass is 35.5. The number of hydrogen-bond acceptors (Lipinski definition) is 7. The van der Waals surface area contributed by atoms with E-state index in [1.807, 2.05) is 0 Å². The topological polar surface area (TPSA) is 88.1 Å². The second-order valence-electron chi connectivity index (χ2n) is 7.47. The van der Waals surface area contributed by atoms with Gasteiger partial charge >= 0.3 is 17.9 Å². The Kier molecular flexibility index (Phi) is 7.57. The summed E-state index contributed by atoms with van der Waals surface area (Å²) in [6.45, 7) is -0.154. The van der Waals surface area contributed by atoms with Gasteiger partial charge < -0.3 is 18.9 Å². The molecule has 3 aromatic rings. The number of ether oxygens (including phenoxy) is 4. The van der Waals surface area contributed by atoms with Gasteiger partial charge in [-0.25, -0.2) is 14.4 Å². The quantitative estimate of drug-likeness (QED) is 0.296. The number of alkyl halides is 1. The van der Waals surface area contributed by atoms with E-state index in [-0.39, 0.29) is 17.7 Å². The van der Waals surface area contributed by atoms with Crippen LogP contribution in [0.15, 0.2) is 91.0 Å². The fraction of sp³-hybridized carbons (Fsp3) is 0.192. The Morgan fingerprint density at radius 3 is 1.44 bits per heavy atom. The number of carbonyl (C=O) groups is 3. The molecule has 0 aromatic heterocycles. The van der Waals surface area contributed by atoms with Crippen LogP contribution >= 0.6 is 11.6 Å². The molecule has 0 bridgehead atoms. The monoisotopic (exact) mass is 480 g/mol. The van der Waals surface area contributed by atoms with Gasteiger partial charge in [0.25, 0.3) is 0 Å². The molecule has 1 saturated heterocycles. The number of rotatable bonds is 6. The maximum atomic E-state index is 12.8. The Balaban J connectivity index is 1.59. The summed E-state index contributed by atoms with van der Waals surface area (Å²) < 4.78 is 22.4. The highest BCUT2D eigenvalue weighted by Crippen LogP contribution is 2.28. The number of esters is 3. The van der Waals surface area contributed by atoms with E-state index in [9.17, 15) is 14.4 Å². The molecular formula is C26H21ClO7. The van der Waals surface area contributed by atoms with Crippen LogP contribution in [0.3, 0.4) is 0 Å². The van der Waals surface area contributed by atoms with Crippen molar-refractivity contribution >= 4 is 29.5 Å². The summed E-state index contributed by atoms with van der Waals surface area (Å²) in [6.07, 6.45) is -3.50. The molecule has 0 saturated carbocycles. The van der Waals surface area contributed by atoms with Crippen LogP contribution in [0.2, 0.25) is 0 Å². The second kappa shape index (κ2) is 11.0. The zero-order valence-corrected chi connectivity index (χ0v) is 18.7. The fourth-order valence-corrected chi connectivity index (χ4v) is 3.68. The maximum absolute atomic E-state index is 12.8. The summed E-state index contributed by atoms with van der Waals surface area (Å²) in [6, 6.07) is 24.9. The predicted octanol–water partition coefficient (Wildman–Crippen LogP) is 4.26. The van der Waals surface area contributed by atoms with Crippen LogP contribution in [0, 0.1) is 0 Å². The predicted molar refractivity (Wildman–Crippen MR) is 123 cm³/mol. The minimum absolute atomic E-state index is 0.154. The lowest BCUT2D eigenvalue weighted by atomic mass is 10.0. The third kappa shape index (κ3) is 5.62. The lowest BCUT2D eigenvalue weighted by Crippen LogP contribution is -2.56. The van der Waals surface area contributed by atoms with Crippen molar-refractivity contribution < 1.29 is 33.3 Å². The van der Waals surface area contributed by atoms with Gasteiger partial charge in [-0.05, 0) is 36.4 Å². The first-order chi connectivity index (χ1) is 16.5. The highest BCUT2D eigenvalue weighted by molar-refractivity contribution is 6.20. The third-order valence-electron chi connectivity index (χ3n) is 5.14. The molecule has 0 amide bonds. The summed E-state index contributed by atoms with van der Waals surface area (Å²) in [5.74, 6) is -2.01. The van der Waals surface area contributed by atoms with Crippen LogP contribution in [-0.4, -0.2) is 48.4 Å². The standard InChI is InChI=1S/C26H21ClO7/c27-23-22(34-26(30)19-14-8-3-9-15-19)21(33-25(29)18-12-6-2-7-13-18)20(16-31-23)32-24(28)17-10-4-1-5-11-17/h1-15,20-23H,16H2/t20-,21+,22-,23+/m1/s1. The summed E-state index contributed by atoms with van der Waals surface area (Å²) in [5, 5.41) is 0. The lowest BCUT2D eigenvalue weighted by molar-refractivity contribution is -0.169. The largest absolute Gasteiger partial charge is 0.452 e. The maximum Gasteiger partial charge on any atom is 0.338 e. The van der Waals surface area contributed by atoms with Crippen molar-refractivity contribution in [3.8, 4) is 0 Å².